The molecule has 90 valence electrons. The van der Waals surface area contributed by atoms with E-state index in [1.807, 2.05) is 20.8 Å². The van der Waals surface area contributed by atoms with Crippen molar-refractivity contribution in [3.05, 3.63) is 0 Å². The fourth-order valence-electron chi connectivity index (χ4n) is 1.85. The maximum absolute atomic E-state index is 11.8. The van der Waals surface area contributed by atoms with E-state index in [2.05, 4.69) is 0 Å². The van der Waals surface area contributed by atoms with Crippen molar-refractivity contribution in [2.45, 2.75) is 52.9 Å². The third-order valence-corrected chi connectivity index (χ3v) is 3.13. The standard InChI is InChI=1S/C12H24O3/c1-4-12(5-2,9-7-8-10-13)11(14)15-6-3/h13H,4-10H2,1-3H3. The van der Waals surface area contributed by atoms with Crippen molar-refractivity contribution in [1.29, 1.82) is 0 Å². The molecule has 0 fully saturated rings. The van der Waals surface area contributed by atoms with Crippen LogP contribution in [0, 0.1) is 5.41 Å². The van der Waals surface area contributed by atoms with Crippen molar-refractivity contribution in [2.24, 2.45) is 5.41 Å². The van der Waals surface area contributed by atoms with Gasteiger partial charge in [0.1, 0.15) is 0 Å². The van der Waals surface area contributed by atoms with Crippen LogP contribution in [0.4, 0.5) is 0 Å². The van der Waals surface area contributed by atoms with Crippen LogP contribution in [0.3, 0.4) is 0 Å². The van der Waals surface area contributed by atoms with E-state index < -0.39 is 0 Å². The Morgan fingerprint density at radius 2 is 1.80 bits per heavy atom. The van der Waals surface area contributed by atoms with Crippen molar-refractivity contribution in [2.75, 3.05) is 13.2 Å². The molecule has 3 nitrogen and oxygen atoms in total. The molecule has 0 spiro atoms. The highest BCUT2D eigenvalue weighted by Gasteiger charge is 2.35. The molecule has 0 amide bonds. The highest BCUT2D eigenvalue weighted by atomic mass is 16.5. The third-order valence-electron chi connectivity index (χ3n) is 3.13. The Morgan fingerprint density at radius 3 is 2.20 bits per heavy atom. The highest BCUT2D eigenvalue weighted by Crippen LogP contribution is 2.34. The minimum absolute atomic E-state index is 0.0760. The van der Waals surface area contributed by atoms with Gasteiger partial charge in [0.15, 0.2) is 0 Å². The highest BCUT2D eigenvalue weighted by molar-refractivity contribution is 5.76. The zero-order chi connectivity index (χ0) is 11.7. The van der Waals surface area contributed by atoms with Gasteiger partial charge < -0.3 is 9.84 Å². The molecule has 3 heteroatoms. The van der Waals surface area contributed by atoms with Crippen LogP contribution in [-0.4, -0.2) is 24.3 Å². The van der Waals surface area contributed by atoms with E-state index in [-0.39, 0.29) is 18.0 Å². The molecule has 0 aromatic rings. The average molecular weight is 216 g/mol. The summed E-state index contributed by atoms with van der Waals surface area (Å²) in [4.78, 5) is 11.8. The quantitative estimate of drug-likeness (QED) is 0.501. The first kappa shape index (κ1) is 14.4. The second kappa shape index (κ2) is 7.69. The zero-order valence-electron chi connectivity index (χ0n) is 10.2. The normalized spacial score (nSPS) is 11.5. The summed E-state index contributed by atoms with van der Waals surface area (Å²) >= 11 is 0. The lowest BCUT2D eigenvalue weighted by atomic mass is 9.78. The topological polar surface area (TPSA) is 46.5 Å². The summed E-state index contributed by atoms with van der Waals surface area (Å²) < 4.78 is 5.12. The van der Waals surface area contributed by atoms with Gasteiger partial charge in [-0.05, 0) is 32.6 Å². The van der Waals surface area contributed by atoms with Crippen molar-refractivity contribution >= 4 is 5.97 Å². The van der Waals surface area contributed by atoms with Crippen LogP contribution in [0.5, 0.6) is 0 Å². The number of carbonyl (C=O) groups is 1. The Bertz CT molecular complexity index is 174. The molecule has 0 atom stereocenters. The number of unbranched alkanes of at least 4 members (excludes halogenated alkanes) is 1. The number of aliphatic hydroxyl groups is 1. The Labute approximate surface area is 92.8 Å². The monoisotopic (exact) mass is 216 g/mol. The van der Waals surface area contributed by atoms with Gasteiger partial charge in [-0.3, -0.25) is 4.79 Å². The van der Waals surface area contributed by atoms with Gasteiger partial charge in [-0.2, -0.15) is 0 Å². The van der Waals surface area contributed by atoms with Crippen LogP contribution >= 0.6 is 0 Å². The van der Waals surface area contributed by atoms with Gasteiger partial charge in [0.25, 0.3) is 0 Å². The van der Waals surface area contributed by atoms with Crippen LogP contribution in [0.1, 0.15) is 52.9 Å². The number of hydrogen-bond donors (Lipinski definition) is 1. The molecule has 0 heterocycles. The molecule has 0 aromatic carbocycles. The second-order valence-corrected chi connectivity index (χ2v) is 3.89. The first-order valence-electron chi connectivity index (χ1n) is 5.95. The lowest BCUT2D eigenvalue weighted by molar-refractivity contribution is -0.156. The lowest BCUT2D eigenvalue weighted by Crippen LogP contribution is -2.32. The van der Waals surface area contributed by atoms with E-state index in [1.165, 1.54) is 0 Å². The first-order valence-corrected chi connectivity index (χ1v) is 5.95. The molecular weight excluding hydrogens is 192 g/mol. The molecule has 0 aliphatic rings. The molecule has 0 rings (SSSR count). The third kappa shape index (κ3) is 4.20. The van der Waals surface area contributed by atoms with Gasteiger partial charge in [0, 0.05) is 6.61 Å². The second-order valence-electron chi connectivity index (χ2n) is 3.89. The summed E-state index contributed by atoms with van der Waals surface area (Å²) in [6, 6.07) is 0. The van der Waals surface area contributed by atoms with Gasteiger partial charge in [0.05, 0.1) is 12.0 Å². The number of rotatable bonds is 8. The summed E-state index contributed by atoms with van der Waals surface area (Å²) in [5.41, 5.74) is -0.328. The van der Waals surface area contributed by atoms with E-state index in [0.717, 1.165) is 32.1 Å². The molecular formula is C12H24O3. The fourth-order valence-corrected chi connectivity index (χ4v) is 1.85. The van der Waals surface area contributed by atoms with Crippen molar-refractivity contribution in [1.82, 2.24) is 0 Å². The zero-order valence-corrected chi connectivity index (χ0v) is 10.2. The number of aliphatic hydroxyl groups excluding tert-OH is 1. The number of ether oxygens (including phenoxy) is 1. The lowest BCUT2D eigenvalue weighted by Gasteiger charge is -2.28. The Kier molecular flexibility index (Phi) is 7.39. The molecule has 0 bridgehead atoms. The number of esters is 1. The van der Waals surface area contributed by atoms with Gasteiger partial charge in [-0.25, -0.2) is 0 Å². The summed E-state index contributed by atoms with van der Waals surface area (Å²) in [6.07, 6.45) is 4.10. The minimum atomic E-state index is -0.328. The summed E-state index contributed by atoms with van der Waals surface area (Å²) in [5.74, 6) is -0.0760. The molecule has 0 saturated heterocycles. The Balaban J connectivity index is 4.35. The van der Waals surface area contributed by atoms with Gasteiger partial charge in [-0.1, -0.05) is 20.3 Å². The van der Waals surface area contributed by atoms with E-state index in [4.69, 9.17) is 9.84 Å². The molecule has 0 saturated carbocycles. The van der Waals surface area contributed by atoms with E-state index in [1.54, 1.807) is 0 Å². The van der Waals surface area contributed by atoms with Crippen LogP contribution in [0.25, 0.3) is 0 Å². The average Bonchev–Trinajstić information content (AvgIpc) is 2.25. The molecule has 0 radical (unpaired) electrons. The van der Waals surface area contributed by atoms with Gasteiger partial charge >= 0.3 is 5.97 Å². The summed E-state index contributed by atoms with van der Waals surface area (Å²) in [7, 11) is 0. The van der Waals surface area contributed by atoms with E-state index in [9.17, 15) is 4.79 Å². The maximum Gasteiger partial charge on any atom is 0.312 e. The predicted molar refractivity (Wildman–Crippen MR) is 60.6 cm³/mol. The fraction of sp³-hybridized carbons (Fsp3) is 0.917. The number of hydrogen-bond acceptors (Lipinski definition) is 3. The maximum atomic E-state index is 11.8. The van der Waals surface area contributed by atoms with Crippen LogP contribution < -0.4 is 0 Å². The molecule has 0 aromatic heterocycles. The van der Waals surface area contributed by atoms with Gasteiger partial charge in [-0.15, -0.1) is 0 Å². The molecule has 15 heavy (non-hydrogen) atoms. The minimum Gasteiger partial charge on any atom is -0.466 e. The van der Waals surface area contributed by atoms with Crippen LogP contribution in [0.15, 0.2) is 0 Å². The molecule has 0 unspecified atom stereocenters. The van der Waals surface area contributed by atoms with Crippen molar-refractivity contribution in [3.63, 3.8) is 0 Å². The van der Waals surface area contributed by atoms with Crippen LogP contribution in [0.2, 0.25) is 0 Å². The van der Waals surface area contributed by atoms with E-state index >= 15 is 0 Å². The molecule has 0 aliphatic carbocycles. The SMILES string of the molecule is CCOC(=O)C(CC)(CC)CCCCO. The smallest absolute Gasteiger partial charge is 0.312 e. The number of carbonyl (C=O) groups excluding carboxylic acids is 1. The van der Waals surface area contributed by atoms with E-state index in [0.29, 0.717) is 6.61 Å². The Morgan fingerprint density at radius 1 is 1.20 bits per heavy atom. The largest absolute Gasteiger partial charge is 0.466 e. The first-order chi connectivity index (χ1) is 7.16. The molecule has 1 N–H and O–H groups in total. The Hall–Kier alpha value is -0.570. The van der Waals surface area contributed by atoms with Crippen LogP contribution in [-0.2, 0) is 9.53 Å². The summed E-state index contributed by atoms with van der Waals surface area (Å²) in [5, 5.41) is 8.73. The summed E-state index contributed by atoms with van der Waals surface area (Å²) in [6.45, 7) is 6.54. The molecule has 0 aliphatic heterocycles. The van der Waals surface area contributed by atoms with Crippen molar-refractivity contribution < 1.29 is 14.6 Å². The van der Waals surface area contributed by atoms with Gasteiger partial charge in [0.2, 0.25) is 0 Å². The predicted octanol–water partition coefficient (Wildman–Crippen LogP) is 2.52. The van der Waals surface area contributed by atoms with Crippen molar-refractivity contribution in [3.8, 4) is 0 Å².